The Labute approximate surface area is 127 Å². The molecule has 1 aliphatic heterocycles. The molecule has 1 aromatic carbocycles. The van der Waals surface area contributed by atoms with Gasteiger partial charge < -0.3 is 14.6 Å². The SMILES string of the molecule is COc1ccccc1C(O)CN1CC(C)(C)OC(C)(C)C1. The summed E-state index contributed by atoms with van der Waals surface area (Å²) >= 11 is 0. The molecular formula is C17H27NO3. The first-order chi connectivity index (χ1) is 9.72. The summed E-state index contributed by atoms with van der Waals surface area (Å²) in [5.41, 5.74) is 0.423. The molecule has 1 heterocycles. The van der Waals surface area contributed by atoms with Gasteiger partial charge in [0.15, 0.2) is 0 Å². The average molecular weight is 293 g/mol. The predicted molar refractivity (Wildman–Crippen MR) is 83.6 cm³/mol. The zero-order valence-electron chi connectivity index (χ0n) is 13.7. The van der Waals surface area contributed by atoms with Gasteiger partial charge in [-0.1, -0.05) is 18.2 Å². The van der Waals surface area contributed by atoms with Crippen LogP contribution in [0.4, 0.5) is 0 Å². The van der Waals surface area contributed by atoms with Gasteiger partial charge in [0.2, 0.25) is 0 Å². The number of rotatable bonds is 4. The molecule has 4 heteroatoms. The first-order valence-corrected chi connectivity index (χ1v) is 7.46. The average Bonchev–Trinajstić information content (AvgIpc) is 2.34. The quantitative estimate of drug-likeness (QED) is 0.926. The van der Waals surface area contributed by atoms with Crippen LogP contribution < -0.4 is 4.74 Å². The smallest absolute Gasteiger partial charge is 0.124 e. The van der Waals surface area contributed by atoms with Gasteiger partial charge in [-0.25, -0.2) is 0 Å². The molecule has 1 aromatic rings. The lowest BCUT2D eigenvalue weighted by Gasteiger charge is -2.47. The summed E-state index contributed by atoms with van der Waals surface area (Å²) < 4.78 is 11.4. The van der Waals surface area contributed by atoms with Gasteiger partial charge in [-0.05, 0) is 33.8 Å². The van der Waals surface area contributed by atoms with E-state index in [2.05, 4.69) is 32.6 Å². The second-order valence-corrected chi connectivity index (χ2v) is 7.05. The van der Waals surface area contributed by atoms with E-state index in [1.165, 1.54) is 0 Å². The van der Waals surface area contributed by atoms with Crippen LogP contribution in [0.25, 0.3) is 0 Å². The highest BCUT2D eigenvalue weighted by Gasteiger charge is 2.38. The first kappa shape index (κ1) is 16.3. The van der Waals surface area contributed by atoms with Crippen molar-refractivity contribution in [3.8, 4) is 5.75 Å². The van der Waals surface area contributed by atoms with Gasteiger partial charge in [-0.2, -0.15) is 0 Å². The molecular weight excluding hydrogens is 266 g/mol. The van der Waals surface area contributed by atoms with Crippen LogP contribution >= 0.6 is 0 Å². The highest BCUT2D eigenvalue weighted by Crippen LogP contribution is 2.31. The molecule has 1 atom stereocenters. The summed E-state index contributed by atoms with van der Waals surface area (Å²) in [6, 6.07) is 7.64. The van der Waals surface area contributed by atoms with Crippen molar-refractivity contribution in [2.75, 3.05) is 26.7 Å². The monoisotopic (exact) mass is 293 g/mol. The third-order valence-electron chi connectivity index (χ3n) is 3.69. The van der Waals surface area contributed by atoms with Crippen molar-refractivity contribution in [2.24, 2.45) is 0 Å². The number of hydrogen-bond donors (Lipinski definition) is 1. The molecule has 4 nitrogen and oxygen atoms in total. The summed E-state index contributed by atoms with van der Waals surface area (Å²) in [4.78, 5) is 2.26. The summed E-state index contributed by atoms with van der Waals surface area (Å²) in [7, 11) is 1.63. The van der Waals surface area contributed by atoms with Gasteiger partial charge in [-0.15, -0.1) is 0 Å². The molecule has 0 amide bonds. The summed E-state index contributed by atoms with van der Waals surface area (Å²) in [6.07, 6.45) is -0.564. The molecule has 0 aromatic heterocycles. The van der Waals surface area contributed by atoms with E-state index < -0.39 is 6.10 Å². The van der Waals surface area contributed by atoms with Gasteiger partial charge >= 0.3 is 0 Å². The van der Waals surface area contributed by atoms with Crippen LogP contribution in [-0.2, 0) is 4.74 Å². The number of para-hydroxylation sites is 1. The zero-order chi connectivity index (χ0) is 15.7. The van der Waals surface area contributed by atoms with Crippen LogP contribution in [0.15, 0.2) is 24.3 Å². The number of nitrogens with zero attached hydrogens (tertiary/aromatic N) is 1. The van der Waals surface area contributed by atoms with Crippen LogP contribution in [0.1, 0.15) is 39.4 Å². The Morgan fingerprint density at radius 1 is 1.19 bits per heavy atom. The van der Waals surface area contributed by atoms with Gasteiger partial charge in [0.1, 0.15) is 5.75 Å². The van der Waals surface area contributed by atoms with Crippen LogP contribution in [-0.4, -0.2) is 48.0 Å². The molecule has 0 bridgehead atoms. The minimum atomic E-state index is -0.564. The minimum absolute atomic E-state index is 0.206. The van der Waals surface area contributed by atoms with E-state index in [1.807, 2.05) is 24.3 Å². The molecule has 0 saturated carbocycles. The van der Waals surface area contributed by atoms with Crippen LogP contribution in [0.2, 0.25) is 0 Å². The molecule has 1 N–H and O–H groups in total. The number of ether oxygens (including phenoxy) is 2. The van der Waals surface area contributed by atoms with Crippen molar-refractivity contribution in [3.63, 3.8) is 0 Å². The summed E-state index contributed by atoms with van der Waals surface area (Å²) in [6.45, 7) is 10.6. The topological polar surface area (TPSA) is 41.9 Å². The Bertz CT molecular complexity index is 469. The third kappa shape index (κ3) is 4.19. The normalized spacial score (nSPS) is 22.8. The number of aliphatic hydroxyl groups is 1. The molecule has 0 aliphatic carbocycles. The number of β-amino-alcohol motifs (C(OH)–C–C–N with tert-alkyl or cyclic N) is 1. The molecule has 2 rings (SSSR count). The molecule has 1 fully saturated rings. The molecule has 21 heavy (non-hydrogen) atoms. The van der Waals surface area contributed by atoms with Crippen molar-refractivity contribution in [2.45, 2.75) is 45.0 Å². The van der Waals surface area contributed by atoms with Gasteiger partial charge in [0, 0.05) is 25.2 Å². The Kier molecular flexibility index (Phi) is 4.61. The van der Waals surface area contributed by atoms with E-state index in [0.717, 1.165) is 24.4 Å². The molecule has 1 unspecified atom stereocenters. The minimum Gasteiger partial charge on any atom is -0.496 e. The van der Waals surface area contributed by atoms with E-state index in [9.17, 15) is 5.11 Å². The molecule has 1 aliphatic rings. The largest absolute Gasteiger partial charge is 0.496 e. The van der Waals surface area contributed by atoms with Crippen LogP contribution in [0, 0.1) is 0 Å². The second kappa shape index (κ2) is 5.95. The highest BCUT2D eigenvalue weighted by atomic mass is 16.5. The van der Waals surface area contributed by atoms with Crippen molar-refractivity contribution in [1.82, 2.24) is 4.90 Å². The predicted octanol–water partition coefficient (Wildman–Crippen LogP) is 2.62. The van der Waals surface area contributed by atoms with E-state index >= 15 is 0 Å². The van der Waals surface area contributed by atoms with Crippen molar-refractivity contribution in [3.05, 3.63) is 29.8 Å². The zero-order valence-corrected chi connectivity index (χ0v) is 13.7. The van der Waals surface area contributed by atoms with Gasteiger partial charge in [-0.3, -0.25) is 4.90 Å². The molecule has 1 saturated heterocycles. The number of morpholine rings is 1. The summed E-state index contributed by atoms with van der Waals surface area (Å²) in [5.74, 6) is 0.733. The maximum atomic E-state index is 10.6. The number of hydrogen-bond acceptors (Lipinski definition) is 4. The highest BCUT2D eigenvalue weighted by molar-refractivity contribution is 5.35. The lowest BCUT2D eigenvalue weighted by atomic mass is 9.98. The summed E-state index contributed by atoms with van der Waals surface area (Å²) in [5, 5.41) is 10.6. The second-order valence-electron chi connectivity index (χ2n) is 7.05. The lowest BCUT2D eigenvalue weighted by Crippen LogP contribution is -2.57. The van der Waals surface area contributed by atoms with Crippen molar-refractivity contribution >= 4 is 0 Å². The van der Waals surface area contributed by atoms with Crippen LogP contribution in [0.3, 0.4) is 0 Å². The Balaban J connectivity index is 2.10. The standard InChI is InChI=1S/C17H27NO3/c1-16(2)11-18(12-17(3,4)21-16)10-14(19)13-8-6-7-9-15(13)20-5/h6-9,14,19H,10-12H2,1-5H3. The Hall–Kier alpha value is -1.10. The fraction of sp³-hybridized carbons (Fsp3) is 0.647. The van der Waals surface area contributed by atoms with Gasteiger partial charge in [0.25, 0.3) is 0 Å². The number of aliphatic hydroxyl groups excluding tert-OH is 1. The van der Waals surface area contributed by atoms with Crippen molar-refractivity contribution in [1.29, 1.82) is 0 Å². The van der Waals surface area contributed by atoms with E-state index in [1.54, 1.807) is 7.11 Å². The Morgan fingerprint density at radius 3 is 2.33 bits per heavy atom. The van der Waals surface area contributed by atoms with E-state index in [-0.39, 0.29) is 11.2 Å². The fourth-order valence-electron chi connectivity index (χ4n) is 3.36. The van der Waals surface area contributed by atoms with Gasteiger partial charge in [0.05, 0.1) is 24.4 Å². The van der Waals surface area contributed by atoms with E-state index in [0.29, 0.717) is 6.54 Å². The molecule has 0 radical (unpaired) electrons. The Morgan fingerprint density at radius 2 is 1.76 bits per heavy atom. The third-order valence-corrected chi connectivity index (χ3v) is 3.69. The molecule has 118 valence electrons. The fourth-order valence-corrected chi connectivity index (χ4v) is 3.36. The lowest BCUT2D eigenvalue weighted by molar-refractivity contribution is -0.183. The first-order valence-electron chi connectivity index (χ1n) is 7.46. The maximum absolute atomic E-state index is 10.6. The van der Waals surface area contributed by atoms with Crippen molar-refractivity contribution < 1.29 is 14.6 Å². The van der Waals surface area contributed by atoms with E-state index in [4.69, 9.17) is 9.47 Å². The maximum Gasteiger partial charge on any atom is 0.124 e. The number of benzene rings is 1. The molecule has 0 spiro atoms. The number of methoxy groups -OCH3 is 1. The van der Waals surface area contributed by atoms with Crippen LogP contribution in [0.5, 0.6) is 5.75 Å².